The number of ether oxygens (including phenoxy) is 1. The lowest BCUT2D eigenvalue weighted by Gasteiger charge is -2.38. The fourth-order valence-electron chi connectivity index (χ4n) is 2.70. The molecule has 2 amide bonds. The average Bonchev–Trinajstić information content (AvgIpc) is 2.46. The van der Waals surface area contributed by atoms with Crippen LogP contribution in [0.1, 0.15) is 32.3 Å². The predicted octanol–water partition coefficient (Wildman–Crippen LogP) is 2.58. The lowest BCUT2D eigenvalue weighted by molar-refractivity contribution is 0.0506. The molecular formula is C16H23FN2O2. The van der Waals surface area contributed by atoms with Crippen LogP contribution in [0.4, 0.5) is 9.18 Å². The summed E-state index contributed by atoms with van der Waals surface area (Å²) >= 11 is 0. The third-order valence-corrected chi connectivity index (χ3v) is 3.91. The van der Waals surface area contributed by atoms with E-state index in [-0.39, 0.29) is 23.3 Å². The number of nitrogens with one attached hydrogen (secondary N) is 2. The molecule has 2 rings (SSSR count). The molecule has 0 unspecified atom stereocenters. The molecular weight excluding hydrogens is 271 g/mol. The number of carbonyl (C=O) groups is 1. The van der Waals surface area contributed by atoms with E-state index in [2.05, 4.69) is 10.6 Å². The second-order valence-corrected chi connectivity index (χ2v) is 5.88. The van der Waals surface area contributed by atoms with E-state index in [1.54, 1.807) is 0 Å². The summed E-state index contributed by atoms with van der Waals surface area (Å²) in [6.45, 7) is 5.68. The van der Waals surface area contributed by atoms with Crippen molar-refractivity contribution in [3.63, 3.8) is 0 Å². The van der Waals surface area contributed by atoms with Crippen LogP contribution in [0.2, 0.25) is 0 Å². The zero-order chi connectivity index (χ0) is 15.3. The van der Waals surface area contributed by atoms with Gasteiger partial charge in [0.25, 0.3) is 0 Å². The second-order valence-electron chi connectivity index (χ2n) is 5.88. The zero-order valence-corrected chi connectivity index (χ0v) is 12.6. The molecule has 0 saturated carbocycles. The van der Waals surface area contributed by atoms with Crippen molar-refractivity contribution in [2.75, 3.05) is 19.8 Å². The fourth-order valence-corrected chi connectivity index (χ4v) is 2.70. The van der Waals surface area contributed by atoms with Crippen LogP contribution in [0.15, 0.2) is 24.3 Å². The molecule has 1 fully saturated rings. The quantitative estimate of drug-likeness (QED) is 0.896. The van der Waals surface area contributed by atoms with Crippen molar-refractivity contribution in [1.29, 1.82) is 0 Å². The number of halogens is 1. The number of urea groups is 1. The Morgan fingerprint density at radius 2 is 1.90 bits per heavy atom. The standard InChI is InChI=1S/C16H23FN2O2/c1-12(2)19-15(20)18-11-16(7-9-21-10-8-16)13-3-5-14(17)6-4-13/h3-6,12H,7-11H2,1-2H3,(H2,18,19,20). The molecule has 1 saturated heterocycles. The van der Waals surface area contributed by atoms with Gasteiger partial charge in [0.15, 0.2) is 0 Å². The van der Waals surface area contributed by atoms with Gasteiger partial charge in [-0.15, -0.1) is 0 Å². The largest absolute Gasteiger partial charge is 0.381 e. The van der Waals surface area contributed by atoms with Crippen molar-refractivity contribution >= 4 is 6.03 Å². The third-order valence-electron chi connectivity index (χ3n) is 3.91. The first kappa shape index (κ1) is 15.8. The first-order valence-electron chi connectivity index (χ1n) is 7.40. The molecule has 21 heavy (non-hydrogen) atoms. The Morgan fingerprint density at radius 3 is 2.48 bits per heavy atom. The lowest BCUT2D eigenvalue weighted by Crippen LogP contribution is -2.48. The van der Waals surface area contributed by atoms with E-state index in [4.69, 9.17) is 4.74 Å². The van der Waals surface area contributed by atoms with E-state index in [9.17, 15) is 9.18 Å². The molecule has 0 atom stereocenters. The van der Waals surface area contributed by atoms with Gasteiger partial charge in [-0.3, -0.25) is 0 Å². The third kappa shape index (κ3) is 4.17. The summed E-state index contributed by atoms with van der Waals surface area (Å²) in [7, 11) is 0. The highest BCUT2D eigenvalue weighted by atomic mass is 19.1. The van der Waals surface area contributed by atoms with Crippen LogP contribution in [0.5, 0.6) is 0 Å². The minimum Gasteiger partial charge on any atom is -0.381 e. The summed E-state index contributed by atoms with van der Waals surface area (Å²) < 4.78 is 18.6. The highest BCUT2D eigenvalue weighted by molar-refractivity contribution is 5.74. The summed E-state index contributed by atoms with van der Waals surface area (Å²) in [6, 6.07) is 6.49. The van der Waals surface area contributed by atoms with Gasteiger partial charge in [0, 0.05) is 31.2 Å². The molecule has 0 spiro atoms. The van der Waals surface area contributed by atoms with Gasteiger partial charge in [-0.1, -0.05) is 12.1 Å². The minimum absolute atomic E-state index is 0.0986. The summed E-state index contributed by atoms with van der Waals surface area (Å²) in [5, 5.41) is 5.76. The van der Waals surface area contributed by atoms with E-state index < -0.39 is 0 Å². The number of benzene rings is 1. The Kier molecular flexibility index (Phi) is 5.17. The number of carbonyl (C=O) groups excluding carboxylic acids is 1. The van der Waals surface area contributed by atoms with E-state index in [0.29, 0.717) is 19.8 Å². The summed E-state index contributed by atoms with van der Waals surface area (Å²) in [5.74, 6) is -0.244. The smallest absolute Gasteiger partial charge is 0.315 e. The van der Waals surface area contributed by atoms with E-state index in [1.165, 1.54) is 12.1 Å². The highest BCUT2D eigenvalue weighted by Gasteiger charge is 2.34. The lowest BCUT2D eigenvalue weighted by atomic mass is 9.74. The summed E-state index contributed by atoms with van der Waals surface area (Å²) in [5.41, 5.74) is 0.873. The number of amides is 2. The van der Waals surface area contributed by atoms with E-state index in [0.717, 1.165) is 18.4 Å². The van der Waals surface area contributed by atoms with Gasteiger partial charge in [-0.05, 0) is 44.4 Å². The Bertz CT molecular complexity index is 468. The van der Waals surface area contributed by atoms with Crippen molar-refractivity contribution in [3.8, 4) is 0 Å². The van der Waals surface area contributed by atoms with Crippen molar-refractivity contribution in [3.05, 3.63) is 35.6 Å². The molecule has 0 bridgehead atoms. The van der Waals surface area contributed by atoms with E-state index >= 15 is 0 Å². The highest BCUT2D eigenvalue weighted by Crippen LogP contribution is 2.34. The SMILES string of the molecule is CC(C)NC(=O)NCC1(c2ccc(F)cc2)CCOCC1. The van der Waals surface area contributed by atoms with Gasteiger partial charge in [0.1, 0.15) is 5.82 Å². The molecule has 116 valence electrons. The van der Waals surface area contributed by atoms with Crippen LogP contribution in [-0.4, -0.2) is 31.8 Å². The van der Waals surface area contributed by atoms with E-state index in [1.807, 2.05) is 26.0 Å². The molecule has 0 aliphatic carbocycles. The van der Waals surface area contributed by atoms with Gasteiger partial charge in [-0.25, -0.2) is 9.18 Å². The van der Waals surface area contributed by atoms with Gasteiger partial charge in [0.2, 0.25) is 0 Å². The molecule has 1 aromatic rings. The molecule has 1 aliphatic heterocycles. The number of hydrogen-bond acceptors (Lipinski definition) is 2. The topological polar surface area (TPSA) is 50.4 Å². The Morgan fingerprint density at radius 1 is 1.29 bits per heavy atom. The molecule has 1 aromatic carbocycles. The molecule has 0 radical (unpaired) electrons. The van der Waals surface area contributed by atoms with Crippen LogP contribution >= 0.6 is 0 Å². The fraction of sp³-hybridized carbons (Fsp3) is 0.562. The van der Waals surface area contributed by atoms with Crippen LogP contribution in [-0.2, 0) is 10.2 Å². The number of hydrogen-bond donors (Lipinski definition) is 2. The molecule has 0 aromatic heterocycles. The Labute approximate surface area is 125 Å². The van der Waals surface area contributed by atoms with Gasteiger partial charge in [-0.2, -0.15) is 0 Å². The molecule has 5 heteroatoms. The van der Waals surface area contributed by atoms with Crippen LogP contribution < -0.4 is 10.6 Å². The maximum absolute atomic E-state index is 13.1. The molecule has 4 nitrogen and oxygen atoms in total. The maximum atomic E-state index is 13.1. The molecule has 1 heterocycles. The van der Waals surface area contributed by atoms with Crippen LogP contribution in [0.25, 0.3) is 0 Å². The van der Waals surface area contributed by atoms with Gasteiger partial charge < -0.3 is 15.4 Å². The van der Waals surface area contributed by atoms with Gasteiger partial charge >= 0.3 is 6.03 Å². The van der Waals surface area contributed by atoms with Crippen LogP contribution in [0.3, 0.4) is 0 Å². The molecule has 1 aliphatic rings. The van der Waals surface area contributed by atoms with Gasteiger partial charge in [0.05, 0.1) is 0 Å². The maximum Gasteiger partial charge on any atom is 0.315 e. The minimum atomic E-state index is -0.244. The summed E-state index contributed by atoms with van der Waals surface area (Å²) in [4.78, 5) is 11.8. The first-order chi connectivity index (χ1) is 10.0. The second kappa shape index (κ2) is 6.89. The Hall–Kier alpha value is -1.62. The normalized spacial score (nSPS) is 17.5. The van der Waals surface area contributed by atoms with Crippen molar-refractivity contribution < 1.29 is 13.9 Å². The summed E-state index contributed by atoms with van der Waals surface area (Å²) in [6.07, 6.45) is 1.64. The Balaban J connectivity index is 2.10. The average molecular weight is 294 g/mol. The van der Waals surface area contributed by atoms with Crippen molar-refractivity contribution in [1.82, 2.24) is 10.6 Å². The molecule has 2 N–H and O–H groups in total. The monoisotopic (exact) mass is 294 g/mol. The van der Waals surface area contributed by atoms with Crippen LogP contribution in [0, 0.1) is 5.82 Å². The van der Waals surface area contributed by atoms with Crippen molar-refractivity contribution in [2.24, 2.45) is 0 Å². The zero-order valence-electron chi connectivity index (χ0n) is 12.6. The predicted molar refractivity (Wildman–Crippen MR) is 79.8 cm³/mol. The number of rotatable bonds is 4. The van der Waals surface area contributed by atoms with Crippen molar-refractivity contribution in [2.45, 2.75) is 38.1 Å². The first-order valence-corrected chi connectivity index (χ1v) is 7.40.